The molecule has 5 heteroatoms. The summed E-state index contributed by atoms with van der Waals surface area (Å²) in [7, 11) is -2.08. The zero-order valence-electron chi connectivity index (χ0n) is 17.6. The summed E-state index contributed by atoms with van der Waals surface area (Å²) in [6, 6.07) is 22.0. The number of allylic oxidation sites excluding steroid dienone is 3. The molecule has 3 aromatic carbocycles. The summed E-state index contributed by atoms with van der Waals surface area (Å²) < 4.78 is 0. The van der Waals surface area contributed by atoms with E-state index in [1.54, 1.807) is 12.1 Å². The van der Waals surface area contributed by atoms with Crippen molar-refractivity contribution in [3.63, 3.8) is 0 Å². The minimum atomic E-state index is -2.08. The first kappa shape index (κ1) is 22.2. The number of hydrogen-bond acceptors (Lipinski definition) is 1. The van der Waals surface area contributed by atoms with Gasteiger partial charge in [0.15, 0.2) is 0 Å². The van der Waals surface area contributed by atoms with Crippen LogP contribution in [0.15, 0.2) is 71.9 Å². The van der Waals surface area contributed by atoms with Gasteiger partial charge in [-0.3, -0.25) is 0 Å². The van der Waals surface area contributed by atoms with Gasteiger partial charge in [0.05, 0.1) is 23.7 Å². The molecular formula is C26H23Cl3OSi. The van der Waals surface area contributed by atoms with Crippen LogP contribution in [-0.2, 0) is 6.42 Å². The maximum absolute atomic E-state index is 11.7. The van der Waals surface area contributed by atoms with Crippen molar-refractivity contribution in [2.24, 2.45) is 0 Å². The summed E-state index contributed by atoms with van der Waals surface area (Å²) >= 11 is 19.2. The van der Waals surface area contributed by atoms with Crippen LogP contribution in [0, 0.1) is 0 Å². The summed E-state index contributed by atoms with van der Waals surface area (Å²) in [5.74, 6) is 0.144. The fourth-order valence-electron chi connectivity index (χ4n) is 4.27. The number of benzene rings is 3. The minimum absolute atomic E-state index is 0.144. The molecule has 0 saturated carbocycles. The van der Waals surface area contributed by atoms with Gasteiger partial charge in [0, 0.05) is 5.02 Å². The van der Waals surface area contributed by atoms with Gasteiger partial charge in [-0.1, -0.05) is 109 Å². The lowest BCUT2D eigenvalue weighted by atomic mass is 9.98. The Balaban J connectivity index is 2.09. The van der Waals surface area contributed by atoms with Gasteiger partial charge in [-0.25, -0.2) is 0 Å². The van der Waals surface area contributed by atoms with Gasteiger partial charge >= 0.3 is 0 Å². The Bertz CT molecular complexity index is 1200. The van der Waals surface area contributed by atoms with E-state index in [1.165, 1.54) is 11.1 Å². The fourth-order valence-corrected chi connectivity index (χ4v) is 7.14. The molecule has 158 valence electrons. The number of aliphatic hydroxyl groups excluding tert-OH is 1. The average molecular weight is 486 g/mol. The number of rotatable bonds is 4. The van der Waals surface area contributed by atoms with Crippen molar-refractivity contribution in [1.29, 1.82) is 0 Å². The van der Waals surface area contributed by atoms with Crippen LogP contribution in [0.4, 0.5) is 0 Å². The topological polar surface area (TPSA) is 20.2 Å². The molecule has 1 aliphatic carbocycles. The molecule has 0 saturated heterocycles. The molecule has 0 atom stereocenters. The van der Waals surface area contributed by atoms with Crippen LogP contribution in [0.3, 0.4) is 0 Å². The molecule has 4 rings (SSSR count). The first-order valence-corrected chi connectivity index (χ1v) is 14.8. The second kappa shape index (κ2) is 8.52. The van der Waals surface area contributed by atoms with Crippen LogP contribution in [0.1, 0.15) is 22.3 Å². The molecule has 0 spiro atoms. The molecule has 1 N–H and O–H groups in total. The third-order valence-electron chi connectivity index (χ3n) is 5.56. The molecule has 1 aliphatic rings. The Kier molecular flexibility index (Phi) is 6.11. The zero-order chi connectivity index (χ0) is 22.3. The number of halogens is 3. The normalized spacial score (nSPS) is 14.5. The highest BCUT2D eigenvalue weighted by Crippen LogP contribution is 2.48. The molecule has 1 nitrogen and oxygen atoms in total. The Morgan fingerprint density at radius 1 is 0.839 bits per heavy atom. The second-order valence-electron chi connectivity index (χ2n) is 8.77. The van der Waals surface area contributed by atoms with Crippen LogP contribution in [0.25, 0.3) is 16.9 Å². The molecule has 0 aliphatic heterocycles. The summed E-state index contributed by atoms with van der Waals surface area (Å²) in [4.78, 5) is 0. The Morgan fingerprint density at radius 3 is 2.03 bits per heavy atom. The van der Waals surface area contributed by atoms with E-state index in [-0.39, 0.29) is 5.76 Å². The molecule has 0 amide bonds. The van der Waals surface area contributed by atoms with Crippen LogP contribution in [0.2, 0.25) is 34.7 Å². The lowest BCUT2D eigenvalue weighted by molar-refractivity contribution is 0.510. The first-order valence-electron chi connectivity index (χ1n) is 10.1. The lowest BCUT2D eigenvalue weighted by Crippen LogP contribution is -2.26. The van der Waals surface area contributed by atoms with Gasteiger partial charge in [-0.05, 0) is 51.6 Å². The lowest BCUT2D eigenvalue weighted by Gasteiger charge is -2.27. The van der Waals surface area contributed by atoms with E-state index in [2.05, 4.69) is 50.0 Å². The Morgan fingerprint density at radius 2 is 1.42 bits per heavy atom. The van der Waals surface area contributed by atoms with E-state index >= 15 is 0 Å². The Hall–Kier alpha value is -1.97. The van der Waals surface area contributed by atoms with Gasteiger partial charge < -0.3 is 5.11 Å². The number of aliphatic hydroxyl groups is 1. The van der Waals surface area contributed by atoms with E-state index in [9.17, 15) is 5.11 Å². The highest BCUT2D eigenvalue weighted by Gasteiger charge is 2.35. The predicted molar refractivity (Wildman–Crippen MR) is 138 cm³/mol. The summed E-state index contributed by atoms with van der Waals surface area (Å²) in [5.41, 5.74) is 6.33. The quantitative estimate of drug-likeness (QED) is 0.289. The maximum atomic E-state index is 11.7. The highest BCUT2D eigenvalue weighted by atomic mass is 35.5. The largest absolute Gasteiger partial charge is 0.507 e. The summed E-state index contributed by atoms with van der Waals surface area (Å²) in [6.07, 6.45) is 0.818. The van der Waals surface area contributed by atoms with Crippen molar-refractivity contribution in [3.05, 3.63) is 109 Å². The van der Waals surface area contributed by atoms with E-state index < -0.39 is 8.07 Å². The van der Waals surface area contributed by atoms with Crippen molar-refractivity contribution in [3.8, 4) is 0 Å². The first-order chi connectivity index (χ1) is 14.7. The average Bonchev–Trinajstić information content (AvgIpc) is 3.06. The van der Waals surface area contributed by atoms with Crippen molar-refractivity contribution >= 4 is 59.8 Å². The molecule has 0 bridgehead atoms. The van der Waals surface area contributed by atoms with Crippen LogP contribution >= 0.6 is 34.8 Å². The smallest absolute Gasteiger partial charge is 0.125 e. The molecule has 0 radical (unpaired) electrons. The molecule has 0 heterocycles. The maximum Gasteiger partial charge on any atom is 0.125 e. The van der Waals surface area contributed by atoms with Crippen molar-refractivity contribution in [2.45, 2.75) is 26.1 Å². The SMILES string of the molecule is C[Si](C)(C)/C(C1=C(c2ccccc2)Cc2ccccc21)=C(/O)c1c(Cl)cc(Cl)cc1Cl. The molecule has 0 unspecified atom stereocenters. The van der Waals surface area contributed by atoms with Gasteiger partial charge in [0.2, 0.25) is 0 Å². The van der Waals surface area contributed by atoms with Crippen LogP contribution in [0.5, 0.6) is 0 Å². The standard InChI is InChI=1S/C26H23Cl3OSi/c1-31(2,3)26(25(30)24-21(28)14-18(27)15-22(24)29)23-19-12-8-7-11-17(19)13-20(23)16-9-5-4-6-10-16/h4-12,14-15,30H,13H2,1-3H3/b26-25+. The van der Waals surface area contributed by atoms with E-state index in [4.69, 9.17) is 34.8 Å². The molecule has 0 aromatic heterocycles. The predicted octanol–water partition coefficient (Wildman–Crippen LogP) is 8.96. The van der Waals surface area contributed by atoms with E-state index in [0.717, 1.165) is 28.3 Å². The zero-order valence-corrected chi connectivity index (χ0v) is 20.9. The summed E-state index contributed by atoms with van der Waals surface area (Å²) in [6.45, 7) is 6.69. The van der Waals surface area contributed by atoms with Crippen molar-refractivity contribution in [2.75, 3.05) is 0 Å². The van der Waals surface area contributed by atoms with Crippen molar-refractivity contribution < 1.29 is 5.11 Å². The van der Waals surface area contributed by atoms with Crippen LogP contribution < -0.4 is 0 Å². The molecule has 31 heavy (non-hydrogen) atoms. The number of hydrogen-bond donors (Lipinski definition) is 1. The molecular weight excluding hydrogens is 463 g/mol. The Labute approximate surface area is 199 Å². The van der Waals surface area contributed by atoms with Gasteiger partial charge in [0.25, 0.3) is 0 Å². The van der Waals surface area contributed by atoms with Gasteiger partial charge in [0.1, 0.15) is 5.76 Å². The molecule has 0 fully saturated rings. The third-order valence-corrected chi connectivity index (χ3v) is 8.36. The van der Waals surface area contributed by atoms with E-state index in [0.29, 0.717) is 20.6 Å². The highest BCUT2D eigenvalue weighted by molar-refractivity contribution is 6.86. The van der Waals surface area contributed by atoms with E-state index in [1.807, 2.05) is 24.3 Å². The minimum Gasteiger partial charge on any atom is -0.507 e. The van der Waals surface area contributed by atoms with Gasteiger partial charge in [-0.2, -0.15) is 0 Å². The third kappa shape index (κ3) is 4.23. The second-order valence-corrected chi connectivity index (χ2v) is 15.0. The van der Waals surface area contributed by atoms with Gasteiger partial charge in [-0.15, -0.1) is 0 Å². The number of fused-ring (bicyclic) bond motifs is 1. The fraction of sp³-hybridized carbons (Fsp3) is 0.154. The van der Waals surface area contributed by atoms with Crippen molar-refractivity contribution in [1.82, 2.24) is 0 Å². The monoisotopic (exact) mass is 484 g/mol. The van der Waals surface area contributed by atoms with Crippen LogP contribution in [-0.4, -0.2) is 13.2 Å². The summed E-state index contributed by atoms with van der Waals surface area (Å²) in [5, 5.41) is 13.8. The molecule has 3 aromatic rings.